The molecule has 21 heavy (non-hydrogen) atoms. The molecule has 0 radical (unpaired) electrons. The van der Waals surface area contributed by atoms with Gasteiger partial charge in [-0.25, -0.2) is 9.97 Å². The molecule has 0 saturated carbocycles. The van der Waals surface area contributed by atoms with Gasteiger partial charge in [0, 0.05) is 38.4 Å². The second-order valence-electron chi connectivity index (χ2n) is 5.08. The summed E-state index contributed by atoms with van der Waals surface area (Å²) >= 11 is 0. The van der Waals surface area contributed by atoms with Gasteiger partial charge in [-0.1, -0.05) is 6.92 Å². The van der Waals surface area contributed by atoms with E-state index < -0.39 is 0 Å². The number of hydrogen-bond donors (Lipinski definition) is 1. The molecule has 0 atom stereocenters. The quantitative estimate of drug-likeness (QED) is 0.800. The number of nitrogens with zero attached hydrogens (tertiary/aromatic N) is 4. The van der Waals surface area contributed by atoms with Crippen molar-refractivity contribution < 1.29 is 9.59 Å². The molecule has 1 aliphatic rings. The van der Waals surface area contributed by atoms with Crippen molar-refractivity contribution in [2.45, 2.75) is 20.3 Å². The number of rotatable bonds is 5. The molecule has 0 aromatic carbocycles. The Morgan fingerprint density at radius 2 is 2.05 bits per heavy atom. The molecule has 1 fully saturated rings. The van der Waals surface area contributed by atoms with Crippen molar-refractivity contribution >= 4 is 18.3 Å². The number of anilines is 1. The van der Waals surface area contributed by atoms with Crippen LogP contribution in [0.1, 0.15) is 29.5 Å². The minimum atomic E-state index is -0.106. The lowest BCUT2D eigenvalue weighted by Crippen LogP contribution is -2.48. The van der Waals surface area contributed by atoms with Gasteiger partial charge in [-0.2, -0.15) is 0 Å². The Hall–Kier alpha value is -2.18. The van der Waals surface area contributed by atoms with Crippen LogP contribution >= 0.6 is 0 Å². The van der Waals surface area contributed by atoms with Crippen LogP contribution in [-0.4, -0.2) is 64.8 Å². The van der Waals surface area contributed by atoms with Crippen LogP contribution in [0.25, 0.3) is 0 Å². The first-order valence-electron chi connectivity index (χ1n) is 7.22. The average molecular weight is 291 g/mol. The van der Waals surface area contributed by atoms with Gasteiger partial charge in [0.2, 0.25) is 12.4 Å². The summed E-state index contributed by atoms with van der Waals surface area (Å²) in [4.78, 5) is 35.1. The van der Waals surface area contributed by atoms with Gasteiger partial charge in [-0.05, 0) is 19.4 Å². The molecule has 2 rings (SSSR count). The monoisotopic (exact) mass is 291 g/mol. The van der Waals surface area contributed by atoms with Crippen LogP contribution in [0.3, 0.4) is 0 Å². The van der Waals surface area contributed by atoms with Crippen LogP contribution in [0.2, 0.25) is 0 Å². The molecule has 1 aromatic rings. The van der Waals surface area contributed by atoms with Gasteiger partial charge in [-0.3, -0.25) is 9.59 Å². The number of piperazine rings is 1. The topological polar surface area (TPSA) is 78.4 Å². The zero-order valence-corrected chi connectivity index (χ0v) is 12.5. The third-order valence-corrected chi connectivity index (χ3v) is 3.36. The normalized spacial score (nSPS) is 15.0. The minimum Gasteiger partial charge on any atom is -0.354 e. The van der Waals surface area contributed by atoms with Crippen molar-refractivity contribution in [1.82, 2.24) is 19.8 Å². The highest BCUT2D eigenvalue weighted by atomic mass is 16.2. The van der Waals surface area contributed by atoms with Gasteiger partial charge in [0.25, 0.3) is 5.91 Å². The Morgan fingerprint density at radius 1 is 1.33 bits per heavy atom. The minimum absolute atomic E-state index is 0.106. The summed E-state index contributed by atoms with van der Waals surface area (Å²) in [5.41, 5.74) is 1.17. The summed E-state index contributed by atoms with van der Waals surface area (Å²) in [5.74, 6) is 0.386. The molecule has 0 spiro atoms. The van der Waals surface area contributed by atoms with Crippen molar-refractivity contribution in [3.8, 4) is 0 Å². The summed E-state index contributed by atoms with van der Waals surface area (Å²) < 4.78 is 0. The second-order valence-corrected chi connectivity index (χ2v) is 5.08. The van der Waals surface area contributed by atoms with Crippen molar-refractivity contribution in [3.05, 3.63) is 17.5 Å². The van der Waals surface area contributed by atoms with Crippen molar-refractivity contribution in [2.24, 2.45) is 0 Å². The highest BCUT2D eigenvalue weighted by Gasteiger charge is 2.22. The third kappa shape index (κ3) is 3.90. The fraction of sp³-hybridized carbons (Fsp3) is 0.571. The van der Waals surface area contributed by atoms with Gasteiger partial charge in [0.05, 0.1) is 0 Å². The SMILES string of the molecule is CCCNc1nc(C)cc(C(=O)N2CCN(C=O)CC2)n1. The summed E-state index contributed by atoms with van der Waals surface area (Å²) in [7, 11) is 0. The molecule has 2 heterocycles. The van der Waals surface area contributed by atoms with Crippen LogP contribution in [0.15, 0.2) is 6.07 Å². The van der Waals surface area contributed by atoms with E-state index in [1.165, 1.54) is 0 Å². The van der Waals surface area contributed by atoms with Crippen molar-refractivity contribution in [3.63, 3.8) is 0 Å². The lowest BCUT2D eigenvalue weighted by Gasteiger charge is -2.32. The maximum absolute atomic E-state index is 12.5. The van der Waals surface area contributed by atoms with E-state index in [2.05, 4.69) is 22.2 Å². The number of aryl methyl sites for hydroxylation is 1. The molecule has 7 nitrogen and oxygen atoms in total. The molecule has 114 valence electrons. The number of nitrogens with one attached hydrogen (secondary N) is 1. The predicted octanol–water partition coefficient (Wildman–Crippen LogP) is 0.521. The van der Waals surface area contributed by atoms with E-state index >= 15 is 0 Å². The van der Waals surface area contributed by atoms with Gasteiger partial charge < -0.3 is 15.1 Å². The number of aromatic nitrogens is 2. The Kier molecular flexibility index (Phi) is 5.08. The first kappa shape index (κ1) is 15.2. The molecule has 1 aromatic heterocycles. The maximum Gasteiger partial charge on any atom is 0.272 e. The Bertz CT molecular complexity index is 512. The van der Waals surface area contributed by atoms with E-state index in [9.17, 15) is 9.59 Å². The van der Waals surface area contributed by atoms with Crippen molar-refractivity contribution in [1.29, 1.82) is 0 Å². The highest BCUT2D eigenvalue weighted by Crippen LogP contribution is 2.10. The fourth-order valence-electron chi connectivity index (χ4n) is 2.19. The third-order valence-electron chi connectivity index (χ3n) is 3.36. The van der Waals surface area contributed by atoms with Crippen LogP contribution in [0.4, 0.5) is 5.95 Å². The van der Waals surface area contributed by atoms with E-state index in [4.69, 9.17) is 0 Å². The average Bonchev–Trinajstić information content (AvgIpc) is 2.51. The number of hydrogen-bond acceptors (Lipinski definition) is 5. The van der Waals surface area contributed by atoms with Gasteiger partial charge >= 0.3 is 0 Å². The molecule has 0 aliphatic carbocycles. The Morgan fingerprint density at radius 3 is 2.67 bits per heavy atom. The van der Waals surface area contributed by atoms with Crippen LogP contribution in [0, 0.1) is 6.92 Å². The molecule has 7 heteroatoms. The standard InChI is InChI=1S/C14H21N5O2/c1-3-4-15-14-16-11(2)9-12(17-14)13(21)19-7-5-18(10-20)6-8-19/h9-10H,3-8H2,1-2H3,(H,15,16,17). The number of carbonyl (C=O) groups excluding carboxylic acids is 2. The molecule has 1 aliphatic heterocycles. The largest absolute Gasteiger partial charge is 0.354 e. The lowest BCUT2D eigenvalue weighted by atomic mass is 10.2. The molecule has 1 N–H and O–H groups in total. The van der Waals surface area contributed by atoms with Gasteiger partial charge in [-0.15, -0.1) is 0 Å². The predicted molar refractivity (Wildman–Crippen MR) is 79.1 cm³/mol. The van der Waals surface area contributed by atoms with E-state index in [1.54, 1.807) is 15.9 Å². The van der Waals surface area contributed by atoms with Crippen molar-refractivity contribution in [2.75, 3.05) is 38.0 Å². The molecule has 1 saturated heterocycles. The summed E-state index contributed by atoms with van der Waals surface area (Å²) in [6.07, 6.45) is 1.79. The molecule has 0 bridgehead atoms. The van der Waals surface area contributed by atoms with E-state index in [1.807, 2.05) is 6.92 Å². The van der Waals surface area contributed by atoms with Crippen LogP contribution in [0.5, 0.6) is 0 Å². The molecular formula is C14H21N5O2. The zero-order chi connectivity index (χ0) is 15.2. The fourth-order valence-corrected chi connectivity index (χ4v) is 2.19. The van der Waals surface area contributed by atoms with Crippen LogP contribution in [-0.2, 0) is 4.79 Å². The van der Waals surface area contributed by atoms with Gasteiger partial charge in [0.15, 0.2) is 0 Å². The van der Waals surface area contributed by atoms with E-state index in [-0.39, 0.29) is 5.91 Å². The van der Waals surface area contributed by atoms with E-state index in [0.717, 1.165) is 25.1 Å². The Labute approximate surface area is 124 Å². The number of carbonyl (C=O) groups is 2. The Balaban J connectivity index is 2.08. The lowest BCUT2D eigenvalue weighted by molar-refractivity contribution is -0.119. The maximum atomic E-state index is 12.5. The summed E-state index contributed by atoms with van der Waals surface area (Å²) in [5, 5.41) is 3.10. The molecular weight excluding hydrogens is 270 g/mol. The highest BCUT2D eigenvalue weighted by molar-refractivity contribution is 5.92. The zero-order valence-electron chi connectivity index (χ0n) is 12.5. The smallest absolute Gasteiger partial charge is 0.272 e. The number of amides is 2. The van der Waals surface area contributed by atoms with Crippen LogP contribution < -0.4 is 5.32 Å². The van der Waals surface area contributed by atoms with E-state index in [0.29, 0.717) is 37.8 Å². The second kappa shape index (κ2) is 7.01. The molecule has 2 amide bonds. The molecule has 0 unspecified atom stereocenters. The summed E-state index contributed by atoms with van der Waals surface area (Å²) in [6, 6.07) is 1.70. The first-order valence-corrected chi connectivity index (χ1v) is 7.22. The van der Waals surface area contributed by atoms with Gasteiger partial charge in [0.1, 0.15) is 5.69 Å². The first-order chi connectivity index (χ1) is 10.1. The summed E-state index contributed by atoms with van der Waals surface area (Å²) in [6.45, 7) is 6.90.